The minimum absolute atomic E-state index is 0.0400. The Morgan fingerprint density at radius 2 is 2.14 bits per heavy atom. The van der Waals surface area contributed by atoms with Gasteiger partial charge in [0.05, 0.1) is 12.6 Å². The number of carbonyl (C=O) groups excluding carboxylic acids is 1. The van der Waals surface area contributed by atoms with Crippen LogP contribution in [-0.4, -0.2) is 41.8 Å². The summed E-state index contributed by atoms with van der Waals surface area (Å²) in [7, 11) is 0. The normalized spacial score (nSPS) is 23.1. The molecule has 0 bridgehead atoms. The molecule has 1 aliphatic rings. The zero-order chi connectivity index (χ0) is 15.2. The standard InChI is InChI=1S/C17H26N2O2/c1-3-14(15-7-5-4-6-8-15)11-18-17(21)19-10-9-13(2)16(19)12-20/h4-8,13-14,16,20H,3,9-12H2,1-2H3,(H,18,21)/t13-,14+,16-/m0/s1. The van der Waals surface area contributed by atoms with Crippen LogP contribution in [-0.2, 0) is 0 Å². The lowest BCUT2D eigenvalue weighted by Crippen LogP contribution is -2.46. The van der Waals surface area contributed by atoms with Crippen LogP contribution in [0, 0.1) is 5.92 Å². The molecule has 3 atom stereocenters. The molecule has 0 aromatic heterocycles. The van der Waals surface area contributed by atoms with E-state index in [9.17, 15) is 9.90 Å². The van der Waals surface area contributed by atoms with E-state index in [1.807, 2.05) is 18.2 Å². The van der Waals surface area contributed by atoms with Crippen molar-refractivity contribution in [2.45, 2.75) is 38.6 Å². The number of rotatable bonds is 5. The molecule has 1 aromatic carbocycles. The van der Waals surface area contributed by atoms with E-state index in [0.717, 1.165) is 19.4 Å². The van der Waals surface area contributed by atoms with Gasteiger partial charge in [0.15, 0.2) is 0 Å². The van der Waals surface area contributed by atoms with Gasteiger partial charge in [-0.05, 0) is 24.3 Å². The highest BCUT2D eigenvalue weighted by Crippen LogP contribution is 2.24. The Hall–Kier alpha value is -1.55. The Kier molecular flexibility index (Phi) is 5.62. The van der Waals surface area contributed by atoms with E-state index in [4.69, 9.17) is 0 Å². The van der Waals surface area contributed by atoms with Gasteiger partial charge in [0, 0.05) is 19.0 Å². The fourth-order valence-electron chi connectivity index (χ4n) is 3.07. The molecule has 1 aromatic rings. The average Bonchev–Trinajstić information content (AvgIpc) is 2.89. The number of nitrogens with one attached hydrogen (secondary N) is 1. The molecule has 0 aliphatic carbocycles. The summed E-state index contributed by atoms with van der Waals surface area (Å²) in [6.07, 6.45) is 1.96. The minimum Gasteiger partial charge on any atom is -0.394 e. The highest BCUT2D eigenvalue weighted by atomic mass is 16.3. The summed E-state index contributed by atoms with van der Waals surface area (Å²) in [5.41, 5.74) is 1.26. The summed E-state index contributed by atoms with van der Waals surface area (Å²) < 4.78 is 0. The van der Waals surface area contributed by atoms with Crippen molar-refractivity contribution in [2.75, 3.05) is 19.7 Å². The summed E-state index contributed by atoms with van der Waals surface area (Å²) in [6.45, 7) is 5.65. The Bertz CT molecular complexity index is 449. The molecule has 2 amide bonds. The van der Waals surface area contributed by atoms with Crippen LogP contribution in [0.1, 0.15) is 38.2 Å². The first-order chi connectivity index (χ1) is 10.2. The second kappa shape index (κ2) is 7.46. The highest BCUT2D eigenvalue weighted by Gasteiger charge is 2.33. The second-order valence-electron chi connectivity index (χ2n) is 5.91. The summed E-state index contributed by atoms with van der Waals surface area (Å²) in [4.78, 5) is 14.1. The molecule has 4 heteroatoms. The number of urea groups is 1. The number of amides is 2. The third-order valence-electron chi connectivity index (χ3n) is 4.59. The molecule has 0 spiro atoms. The lowest BCUT2D eigenvalue weighted by Gasteiger charge is -2.26. The lowest BCUT2D eigenvalue weighted by molar-refractivity contribution is 0.143. The first-order valence-corrected chi connectivity index (χ1v) is 7.87. The SMILES string of the molecule is CC[C@H](CNC(=O)N1CC[C@H](C)[C@@H]1CO)c1ccccc1. The number of likely N-dealkylation sites (tertiary alicyclic amines) is 1. The van der Waals surface area contributed by atoms with Crippen LogP contribution in [0.3, 0.4) is 0 Å². The van der Waals surface area contributed by atoms with Gasteiger partial charge < -0.3 is 15.3 Å². The monoisotopic (exact) mass is 290 g/mol. The van der Waals surface area contributed by atoms with Crippen molar-refractivity contribution in [2.24, 2.45) is 5.92 Å². The molecule has 21 heavy (non-hydrogen) atoms. The van der Waals surface area contributed by atoms with E-state index in [1.54, 1.807) is 4.90 Å². The second-order valence-corrected chi connectivity index (χ2v) is 5.91. The van der Waals surface area contributed by atoms with Crippen molar-refractivity contribution < 1.29 is 9.90 Å². The number of benzene rings is 1. The number of hydrogen-bond acceptors (Lipinski definition) is 2. The lowest BCUT2D eigenvalue weighted by atomic mass is 9.96. The van der Waals surface area contributed by atoms with Gasteiger partial charge in [-0.2, -0.15) is 0 Å². The molecular weight excluding hydrogens is 264 g/mol. The molecule has 1 saturated heterocycles. The smallest absolute Gasteiger partial charge is 0.317 e. The molecule has 0 unspecified atom stereocenters. The van der Waals surface area contributed by atoms with Gasteiger partial charge in [-0.25, -0.2) is 4.79 Å². The van der Waals surface area contributed by atoms with Gasteiger partial charge in [0.2, 0.25) is 0 Å². The Balaban J connectivity index is 1.91. The minimum atomic E-state index is -0.0484. The van der Waals surface area contributed by atoms with Crippen LogP contribution in [0.2, 0.25) is 0 Å². The van der Waals surface area contributed by atoms with E-state index in [0.29, 0.717) is 18.4 Å². The fraction of sp³-hybridized carbons (Fsp3) is 0.588. The van der Waals surface area contributed by atoms with Crippen molar-refractivity contribution in [1.82, 2.24) is 10.2 Å². The van der Waals surface area contributed by atoms with Gasteiger partial charge in [0.1, 0.15) is 0 Å². The third-order valence-corrected chi connectivity index (χ3v) is 4.59. The van der Waals surface area contributed by atoms with E-state index in [-0.39, 0.29) is 18.7 Å². The number of aliphatic hydroxyl groups is 1. The van der Waals surface area contributed by atoms with Crippen LogP contribution in [0.4, 0.5) is 4.79 Å². The van der Waals surface area contributed by atoms with E-state index >= 15 is 0 Å². The van der Waals surface area contributed by atoms with Crippen molar-refractivity contribution in [3.8, 4) is 0 Å². The fourth-order valence-corrected chi connectivity index (χ4v) is 3.07. The first kappa shape index (κ1) is 15.8. The van der Waals surface area contributed by atoms with Crippen molar-refractivity contribution >= 4 is 6.03 Å². The number of carbonyl (C=O) groups is 1. The maximum atomic E-state index is 12.3. The van der Waals surface area contributed by atoms with Gasteiger partial charge >= 0.3 is 6.03 Å². The molecule has 1 heterocycles. The molecule has 0 radical (unpaired) electrons. The van der Waals surface area contributed by atoms with Gasteiger partial charge in [-0.3, -0.25) is 0 Å². The molecule has 0 saturated carbocycles. The summed E-state index contributed by atoms with van der Waals surface area (Å²) in [5.74, 6) is 0.708. The Morgan fingerprint density at radius 1 is 1.43 bits per heavy atom. The van der Waals surface area contributed by atoms with Crippen LogP contribution in [0.15, 0.2) is 30.3 Å². The van der Waals surface area contributed by atoms with Crippen LogP contribution < -0.4 is 5.32 Å². The summed E-state index contributed by atoms with van der Waals surface area (Å²) in [6, 6.07) is 10.2. The quantitative estimate of drug-likeness (QED) is 0.876. The van der Waals surface area contributed by atoms with Crippen LogP contribution in [0.5, 0.6) is 0 Å². The van der Waals surface area contributed by atoms with Gasteiger partial charge in [0.25, 0.3) is 0 Å². The number of nitrogens with zero attached hydrogens (tertiary/aromatic N) is 1. The predicted octanol–water partition coefficient (Wildman–Crippen LogP) is 2.59. The Morgan fingerprint density at radius 3 is 2.76 bits per heavy atom. The zero-order valence-corrected chi connectivity index (χ0v) is 13.0. The molecule has 4 nitrogen and oxygen atoms in total. The first-order valence-electron chi connectivity index (χ1n) is 7.87. The zero-order valence-electron chi connectivity index (χ0n) is 13.0. The van der Waals surface area contributed by atoms with Crippen molar-refractivity contribution in [1.29, 1.82) is 0 Å². The van der Waals surface area contributed by atoms with Crippen LogP contribution in [0.25, 0.3) is 0 Å². The summed E-state index contributed by atoms with van der Waals surface area (Å²) in [5, 5.41) is 12.5. The predicted molar refractivity (Wildman–Crippen MR) is 84.2 cm³/mol. The van der Waals surface area contributed by atoms with Gasteiger partial charge in [-0.15, -0.1) is 0 Å². The van der Waals surface area contributed by atoms with Crippen molar-refractivity contribution in [3.63, 3.8) is 0 Å². The topological polar surface area (TPSA) is 52.6 Å². The summed E-state index contributed by atoms with van der Waals surface area (Å²) >= 11 is 0. The van der Waals surface area contributed by atoms with Crippen LogP contribution >= 0.6 is 0 Å². The molecule has 1 aliphatic heterocycles. The average molecular weight is 290 g/mol. The highest BCUT2D eigenvalue weighted by molar-refractivity contribution is 5.75. The Labute approximate surface area is 127 Å². The largest absolute Gasteiger partial charge is 0.394 e. The molecule has 2 N–H and O–H groups in total. The molecule has 116 valence electrons. The van der Waals surface area contributed by atoms with Gasteiger partial charge in [-0.1, -0.05) is 44.2 Å². The number of aliphatic hydroxyl groups excluding tert-OH is 1. The molecule has 1 fully saturated rings. The number of hydrogen-bond donors (Lipinski definition) is 2. The third kappa shape index (κ3) is 3.76. The maximum Gasteiger partial charge on any atom is 0.317 e. The molecule has 2 rings (SSSR count). The van der Waals surface area contributed by atoms with E-state index < -0.39 is 0 Å². The van der Waals surface area contributed by atoms with E-state index in [1.165, 1.54) is 5.56 Å². The maximum absolute atomic E-state index is 12.3. The van der Waals surface area contributed by atoms with Crippen molar-refractivity contribution in [3.05, 3.63) is 35.9 Å². The molecular formula is C17H26N2O2. The van der Waals surface area contributed by atoms with E-state index in [2.05, 4.69) is 31.3 Å².